The lowest BCUT2D eigenvalue weighted by atomic mass is 9.87. The minimum atomic E-state index is -3.67. The average molecular weight is 547 g/mol. The summed E-state index contributed by atoms with van der Waals surface area (Å²) < 4.78 is 18.9. The van der Waals surface area contributed by atoms with Crippen LogP contribution in [0.2, 0.25) is 0 Å². The molecule has 1 aromatic heterocycles. The number of H-pyrrole nitrogens is 1. The van der Waals surface area contributed by atoms with E-state index in [4.69, 9.17) is 4.74 Å². The van der Waals surface area contributed by atoms with E-state index < -0.39 is 31.2 Å². The molecule has 2 aromatic rings. The van der Waals surface area contributed by atoms with Crippen LogP contribution in [0.5, 0.6) is 0 Å². The highest BCUT2D eigenvalue weighted by molar-refractivity contribution is 7.58. The average Bonchev–Trinajstić information content (AvgIpc) is 3.41. The molecule has 0 bridgehead atoms. The molecule has 10 heteroatoms. The molecule has 4 N–H and O–H groups in total. The summed E-state index contributed by atoms with van der Waals surface area (Å²) in [5.41, 5.74) is 1.48. The maximum absolute atomic E-state index is 13.5. The van der Waals surface area contributed by atoms with Gasteiger partial charge in [0.25, 0.3) is 0 Å². The van der Waals surface area contributed by atoms with Crippen molar-refractivity contribution in [1.82, 2.24) is 20.6 Å². The molecule has 0 saturated heterocycles. The van der Waals surface area contributed by atoms with Gasteiger partial charge in [0.15, 0.2) is 0 Å². The zero-order valence-corrected chi connectivity index (χ0v) is 23.5. The summed E-state index contributed by atoms with van der Waals surface area (Å²) in [7, 11) is -3.67. The van der Waals surface area contributed by atoms with Crippen molar-refractivity contribution in [3.8, 4) is 0 Å². The summed E-state index contributed by atoms with van der Waals surface area (Å²) in [5.74, 6) is -0.618. The normalized spacial score (nSPS) is 17.4. The molecule has 0 spiro atoms. The highest BCUT2D eigenvalue weighted by Gasteiger charge is 2.36. The van der Waals surface area contributed by atoms with Crippen LogP contribution in [0.1, 0.15) is 76.5 Å². The summed E-state index contributed by atoms with van der Waals surface area (Å²) in [6.07, 6.45) is 10.00. The van der Waals surface area contributed by atoms with E-state index in [1.165, 1.54) is 12.7 Å². The third-order valence-electron chi connectivity index (χ3n) is 7.14. The molecule has 0 radical (unpaired) electrons. The quantitative estimate of drug-likeness (QED) is 0.236. The molecule has 3 atom stereocenters. The van der Waals surface area contributed by atoms with Gasteiger partial charge in [-0.3, -0.25) is 9.36 Å². The summed E-state index contributed by atoms with van der Waals surface area (Å²) >= 11 is 0. The Labute approximate surface area is 226 Å². The summed E-state index contributed by atoms with van der Waals surface area (Å²) in [6, 6.07) is 8.27. The van der Waals surface area contributed by atoms with Crippen molar-refractivity contribution in [1.29, 1.82) is 0 Å². The lowest BCUT2D eigenvalue weighted by Crippen LogP contribution is -2.51. The third kappa shape index (κ3) is 10.3. The van der Waals surface area contributed by atoms with Crippen LogP contribution in [0.4, 0.5) is 4.79 Å². The first-order valence-electron chi connectivity index (χ1n) is 13.8. The van der Waals surface area contributed by atoms with Crippen LogP contribution in [0.25, 0.3) is 0 Å². The van der Waals surface area contributed by atoms with Crippen molar-refractivity contribution in [2.24, 2.45) is 11.8 Å². The van der Waals surface area contributed by atoms with Gasteiger partial charge in [-0.05, 0) is 30.2 Å². The van der Waals surface area contributed by atoms with Gasteiger partial charge < -0.3 is 25.2 Å². The SMILES string of the molecule is CC(C)CCCP(=O)(O)C(CC1CCCCC1)NC(=O)C(Cc1cnc[nH]1)NC(=O)OCc1ccccc1. The molecular formula is C28H43N4O5P. The molecule has 3 unspecified atom stereocenters. The van der Waals surface area contributed by atoms with E-state index in [0.29, 0.717) is 30.4 Å². The fourth-order valence-corrected chi connectivity index (χ4v) is 6.85. The number of ether oxygens (including phenoxy) is 1. The Kier molecular flexibility index (Phi) is 11.9. The molecule has 1 fully saturated rings. The van der Waals surface area contributed by atoms with Gasteiger partial charge in [-0.1, -0.05) is 82.7 Å². The smallest absolute Gasteiger partial charge is 0.408 e. The van der Waals surface area contributed by atoms with Gasteiger partial charge in [0.2, 0.25) is 13.3 Å². The number of benzene rings is 1. The Bertz CT molecular complexity index is 1030. The number of carbonyl (C=O) groups is 2. The Morgan fingerprint density at radius 1 is 1.16 bits per heavy atom. The number of nitrogens with zero attached hydrogens (tertiary/aromatic N) is 1. The molecule has 1 saturated carbocycles. The number of amides is 2. The van der Waals surface area contributed by atoms with Crippen molar-refractivity contribution in [2.75, 3.05) is 6.16 Å². The second-order valence-electron chi connectivity index (χ2n) is 10.8. The minimum Gasteiger partial charge on any atom is -0.445 e. The van der Waals surface area contributed by atoms with Crippen LogP contribution < -0.4 is 10.6 Å². The number of hydrogen-bond donors (Lipinski definition) is 4. The van der Waals surface area contributed by atoms with E-state index in [2.05, 4.69) is 34.4 Å². The standard InChI is InChI=1S/C28H43N4O5P/c1-21(2)10-9-15-38(35,36)26(16-22-11-5-3-6-12-22)32-27(33)25(17-24-18-29-20-30-24)31-28(34)37-19-23-13-7-4-8-14-23/h4,7-8,13-14,18,20-22,25-26H,3,5-6,9-12,15-17,19H2,1-2H3,(H,29,30)(H,31,34)(H,32,33)(H,35,36). The molecule has 0 aliphatic heterocycles. The number of aromatic amines is 1. The number of aromatic nitrogens is 2. The lowest BCUT2D eigenvalue weighted by molar-refractivity contribution is -0.123. The van der Waals surface area contributed by atoms with Gasteiger partial charge in [-0.15, -0.1) is 0 Å². The lowest BCUT2D eigenvalue weighted by Gasteiger charge is -2.31. The van der Waals surface area contributed by atoms with Crippen LogP contribution in [0, 0.1) is 11.8 Å². The Hall–Kier alpha value is -2.64. The van der Waals surface area contributed by atoms with E-state index in [0.717, 1.165) is 37.7 Å². The minimum absolute atomic E-state index is 0.0665. The van der Waals surface area contributed by atoms with E-state index in [1.54, 1.807) is 6.20 Å². The molecule has 2 amide bonds. The molecule has 9 nitrogen and oxygen atoms in total. The highest BCUT2D eigenvalue weighted by Crippen LogP contribution is 2.49. The maximum Gasteiger partial charge on any atom is 0.408 e. The summed E-state index contributed by atoms with van der Waals surface area (Å²) in [4.78, 5) is 44.2. The van der Waals surface area contributed by atoms with Crippen LogP contribution in [-0.4, -0.2) is 44.8 Å². The molecule has 3 rings (SSSR count). The second-order valence-corrected chi connectivity index (χ2v) is 13.4. The number of imidazole rings is 1. The largest absolute Gasteiger partial charge is 0.445 e. The summed E-state index contributed by atoms with van der Waals surface area (Å²) in [6.45, 7) is 4.25. The molecule has 38 heavy (non-hydrogen) atoms. The first-order chi connectivity index (χ1) is 18.2. The number of rotatable bonds is 14. The van der Waals surface area contributed by atoms with Gasteiger partial charge in [0.05, 0.1) is 6.33 Å². The molecular weight excluding hydrogens is 503 g/mol. The number of carbonyl (C=O) groups excluding carboxylic acids is 2. The van der Waals surface area contributed by atoms with Gasteiger partial charge in [0.1, 0.15) is 18.4 Å². The van der Waals surface area contributed by atoms with E-state index in [9.17, 15) is 19.0 Å². The van der Waals surface area contributed by atoms with Gasteiger partial charge in [0, 0.05) is 24.5 Å². The monoisotopic (exact) mass is 546 g/mol. The van der Waals surface area contributed by atoms with E-state index in [-0.39, 0.29) is 19.2 Å². The summed E-state index contributed by atoms with van der Waals surface area (Å²) in [5, 5.41) is 5.53. The van der Waals surface area contributed by atoms with Gasteiger partial charge in [-0.25, -0.2) is 9.78 Å². The first-order valence-corrected chi connectivity index (χ1v) is 15.7. The third-order valence-corrected chi connectivity index (χ3v) is 9.41. The predicted molar refractivity (Wildman–Crippen MR) is 148 cm³/mol. The van der Waals surface area contributed by atoms with Crippen LogP contribution in [0.15, 0.2) is 42.9 Å². The van der Waals surface area contributed by atoms with Gasteiger partial charge in [-0.2, -0.15) is 0 Å². The highest BCUT2D eigenvalue weighted by atomic mass is 31.2. The molecule has 1 aliphatic carbocycles. The Balaban J connectivity index is 1.70. The number of hydrogen-bond acceptors (Lipinski definition) is 5. The zero-order valence-electron chi connectivity index (χ0n) is 22.6. The zero-order chi connectivity index (χ0) is 27.4. The molecule has 210 valence electrons. The van der Waals surface area contributed by atoms with E-state index in [1.807, 2.05) is 30.3 Å². The number of alkyl carbamates (subject to hydrolysis) is 1. The number of nitrogens with one attached hydrogen (secondary N) is 3. The van der Waals surface area contributed by atoms with Crippen molar-refractivity contribution in [3.05, 3.63) is 54.1 Å². The topological polar surface area (TPSA) is 133 Å². The Morgan fingerprint density at radius 2 is 1.89 bits per heavy atom. The van der Waals surface area contributed by atoms with Crippen molar-refractivity contribution >= 4 is 19.4 Å². The fraction of sp³-hybridized carbons (Fsp3) is 0.607. The van der Waals surface area contributed by atoms with Crippen LogP contribution >= 0.6 is 7.37 Å². The van der Waals surface area contributed by atoms with Crippen molar-refractivity contribution < 1.29 is 23.8 Å². The molecule has 1 aliphatic rings. The van der Waals surface area contributed by atoms with Crippen molar-refractivity contribution in [2.45, 2.75) is 90.1 Å². The predicted octanol–water partition coefficient (Wildman–Crippen LogP) is 5.37. The van der Waals surface area contributed by atoms with Gasteiger partial charge >= 0.3 is 6.09 Å². The van der Waals surface area contributed by atoms with Crippen LogP contribution in [-0.2, 0) is 27.1 Å². The van der Waals surface area contributed by atoms with Crippen molar-refractivity contribution in [3.63, 3.8) is 0 Å². The second kappa shape index (κ2) is 15.1. The Morgan fingerprint density at radius 3 is 2.55 bits per heavy atom. The first kappa shape index (κ1) is 29.9. The van der Waals surface area contributed by atoms with Crippen LogP contribution in [0.3, 0.4) is 0 Å². The molecule has 1 aromatic carbocycles. The van der Waals surface area contributed by atoms with E-state index >= 15 is 0 Å². The molecule has 1 heterocycles. The maximum atomic E-state index is 13.5. The fourth-order valence-electron chi connectivity index (χ4n) is 4.94.